The third-order valence-corrected chi connectivity index (χ3v) is 3.43. The van der Waals surface area contributed by atoms with Gasteiger partial charge in [0.15, 0.2) is 0 Å². The van der Waals surface area contributed by atoms with Crippen LogP contribution in [-0.4, -0.2) is 47.0 Å². The van der Waals surface area contributed by atoms with Crippen molar-refractivity contribution >= 4 is 17.9 Å². The van der Waals surface area contributed by atoms with Gasteiger partial charge in [-0.1, -0.05) is 20.8 Å². The van der Waals surface area contributed by atoms with E-state index in [4.69, 9.17) is 10.8 Å². The number of nitrogens with zero attached hydrogens (tertiary/aromatic N) is 1. The van der Waals surface area contributed by atoms with E-state index in [1.807, 2.05) is 27.7 Å². The van der Waals surface area contributed by atoms with Gasteiger partial charge in [0.05, 0.1) is 0 Å². The van der Waals surface area contributed by atoms with Gasteiger partial charge in [-0.15, -0.1) is 0 Å². The number of hydrogen-bond donors (Lipinski definition) is 3. The second kappa shape index (κ2) is 7.12. The van der Waals surface area contributed by atoms with E-state index in [2.05, 4.69) is 5.32 Å². The molecule has 0 bridgehead atoms. The highest BCUT2D eigenvalue weighted by molar-refractivity contribution is 5.83. The van der Waals surface area contributed by atoms with Crippen molar-refractivity contribution in [2.75, 3.05) is 7.05 Å². The van der Waals surface area contributed by atoms with Gasteiger partial charge in [0.25, 0.3) is 0 Å². The van der Waals surface area contributed by atoms with Gasteiger partial charge in [0.1, 0.15) is 6.04 Å². The Bertz CT molecular complexity index is 376. The van der Waals surface area contributed by atoms with Crippen LogP contribution in [0.25, 0.3) is 0 Å². The van der Waals surface area contributed by atoms with E-state index in [0.717, 1.165) is 0 Å². The molecule has 0 aliphatic rings. The summed E-state index contributed by atoms with van der Waals surface area (Å²) in [6, 6.07) is -1.68. The average molecular weight is 287 g/mol. The van der Waals surface area contributed by atoms with Gasteiger partial charge in [0.2, 0.25) is 5.91 Å². The predicted octanol–water partition coefficient (Wildman–Crippen LogP) is 0.781. The average Bonchev–Trinajstić information content (AvgIpc) is 2.30. The number of carbonyl (C=O) groups is 3. The Morgan fingerprint density at radius 1 is 1.30 bits per heavy atom. The highest BCUT2D eigenvalue weighted by Gasteiger charge is 2.29. The lowest BCUT2D eigenvalue weighted by Crippen LogP contribution is -2.52. The van der Waals surface area contributed by atoms with Crippen LogP contribution in [0.3, 0.4) is 0 Å². The van der Waals surface area contributed by atoms with Crippen molar-refractivity contribution in [2.45, 2.75) is 52.6 Å². The summed E-state index contributed by atoms with van der Waals surface area (Å²) in [7, 11) is 1.61. The molecule has 0 saturated heterocycles. The fraction of sp³-hybridized carbons (Fsp3) is 0.769. The number of carbonyl (C=O) groups excluding carboxylic acids is 2. The smallest absolute Gasteiger partial charge is 0.326 e. The maximum Gasteiger partial charge on any atom is 0.326 e. The van der Waals surface area contributed by atoms with Crippen LogP contribution in [0.2, 0.25) is 0 Å². The van der Waals surface area contributed by atoms with E-state index in [9.17, 15) is 14.4 Å². The van der Waals surface area contributed by atoms with Gasteiger partial charge in [-0.2, -0.15) is 0 Å². The zero-order valence-corrected chi connectivity index (χ0v) is 12.8. The highest BCUT2D eigenvalue weighted by Crippen LogP contribution is 2.23. The van der Waals surface area contributed by atoms with Crippen molar-refractivity contribution in [3.05, 3.63) is 0 Å². The Hall–Kier alpha value is -1.79. The molecule has 0 fully saturated rings. The molecule has 2 unspecified atom stereocenters. The van der Waals surface area contributed by atoms with Crippen molar-refractivity contribution < 1.29 is 19.5 Å². The number of nitrogens with one attached hydrogen (secondary N) is 1. The lowest BCUT2D eigenvalue weighted by atomic mass is 9.87. The van der Waals surface area contributed by atoms with Crippen LogP contribution >= 0.6 is 0 Å². The van der Waals surface area contributed by atoms with Crippen molar-refractivity contribution in [1.29, 1.82) is 0 Å². The Morgan fingerprint density at radius 2 is 1.80 bits per heavy atom. The number of nitrogens with two attached hydrogens (primary N) is 1. The fourth-order valence-electron chi connectivity index (χ4n) is 1.55. The molecule has 3 amide bonds. The molecular weight excluding hydrogens is 262 g/mol. The minimum Gasteiger partial charge on any atom is -0.480 e. The number of rotatable bonds is 6. The van der Waals surface area contributed by atoms with Crippen LogP contribution in [0.15, 0.2) is 0 Å². The highest BCUT2D eigenvalue weighted by atomic mass is 16.4. The SMILES string of the molecule is CC(N(C)C(=O)NC(CCC(N)=O)C(=O)O)C(C)(C)C. The number of urea groups is 1. The number of amides is 3. The maximum absolute atomic E-state index is 12.0. The molecule has 2 atom stereocenters. The molecular formula is C13H25N3O4. The van der Waals surface area contributed by atoms with Crippen molar-refractivity contribution in [3.63, 3.8) is 0 Å². The van der Waals surface area contributed by atoms with Gasteiger partial charge in [-0.05, 0) is 18.8 Å². The molecule has 7 nitrogen and oxygen atoms in total. The topological polar surface area (TPSA) is 113 Å². The third kappa shape index (κ3) is 5.90. The minimum absolute atomic E-state index is 0.0197. The predicted molar refractivity (Wildman–Crippen MR) is 75.1 cm³/mol. The molecule has 20 heavy (non-hydrogen) atoms. The van der Waals surface area contributed by atoms with Crippen molar-refractivity contribution in [1.82, 2.24) is 10.2 Å². The molecule has 0 aromatic carbocycles. The largest absolute Gasteiger partial charge is 0.480 e. The molecule has 0 radical (unpaired) electrons. The van der Waals surface area contributed by atoms with Crippen molar-refractivity contribution in [3.8, 4) is 0 Å². The zero-order chi connectivity index (χ0) is 16.1. The van der Waals surface area contributed by atoms with Crippen molar-refractivity contribution in [2.24, 2.45) is 11.1 Å². The summed E-state index contributed by atoms with van der Waals surface area (Å²) in [6.45, 7) is 7.86. The second-order valence-electron chi connectivity index (χ2n) is 6.00. The molecule has 0 aliphatic carbocycles. The van der Waals surface area contributed by atoms with Crippen LogP contribution < -0.4 is 11.1 Å². The first-order valence-electron chi connectivity index (χ1n) is 6.51. The van der Waals surface area contributed by atoms with Crippen LogP contribution in [-0.2, 0) is 9.59 Å². The summed E-state index contributed by atoms with van der Waals surface area (Å²) < 4.78 is 0. The molecule has 0 rings (SSSR count). The van der Waals surface area contributed by atoms with E-state index < -0.39 is 23.9 Å². The van der Waals surface area contributed by atoms with E-state index in [1.165, 1.54) is 4.90 Å². The molecule has 0 aromatic heterocycles. The standard InChI is InChI=1S/C13H25N3O4/c1-8(13(2,3)4)16(5)12(20)15-9(11(18)19)6-7-10(14)17/h8-9H,6-7H2,1-5H3,(H2,14,17)(H,15,20)(H,18,19). The molecule has 7 heteroatoms. The summed E-state index contributed by atoms with van der Waals surface area (Å²) >= 11 is 0. The van der Waals surface area contributed by atoms with Crippen LogP contribution in [0.4, 0.5) is 4.79 Å². The molecule has 0 saturated carbocycles. The quantitative estimate of drug-likeness (QED) is 0.670. The Morgan fingerprint density at radius 3 is 2.15 bits per heavy atom. The summed E-state index contributed by atoms with van der Waals surface area (Å²) in [5.41, 5.74) is 4.85. The zero-order valence-electron chi connectivity index (χ0n) is 12.8. The Kier molecular flexibility index (Phi) is 6.48. The lowest BCUT2D eigenvalue weighted by molar-refractivity contribution is -0.139. The number of carboxylic acid groups (broad SMARTS) is 1. The normalized spacial score (nSPS) is 14.2. The first-order valence-corrected chi connectivity index (χ1v) is 6.51. The fourth-order valence-corrected chi connectivity index (χ4v) is 1.55. The molecule has 116 valence electrons. The molecule has 0 spiro atoms. The van der Waals surface area contributed by atoms with E-state index >= 15 is 0 Å². The summed E-state index contributed by atoms with van der Waals surface area (Å²) in [4.78, 5) is 35.2. The molecule has 4 N–H and O–H groups in total. The van der Waals surface area contributed by atoms with Crippen LogP contribution in [0.1, 0.15) is 40.5 Å². The van der Waals surface area contributed by atoms with E-state index in [-0.39, 0.29) is 24.3 Å². The molecule has 0 aliphatic heterocycles. The number of aliphatic carboxylic acids is 1. The van der Waals surface area contributed by atoms with E-state index in [0.29, 0.717) is 0 Å². The first-order chi connectivity index (χ1) is 8.96. The molecule has 0 aromatic rings. The van der Waals surface area contributed by atoms with Gasteiger partial charge in [-0.25, -0.2) is 9.59 Å². The third-order valence-electron chi connectivity index (χ3n) is 3.43. The van der Waals surface area contributed by atoms with Gasteiger partial charge in [0, 0.05) is 19.5 Å². The summed E-state index contributed by atoms with van der Waals surface area (Å²) in [5, 5.41) is 11.4. The number of primary amides is 1. The van der Waals surface area contributed by atoms with E-state index in [1.54, 1.807) is 7.05 Å². The van der Waals surface area contributed by atoms with Crippen LogP contribution in [0, 0.1) is 5.41 Å². The second-order valence-corrected chi connectivity index (χ2v) is 6.00. The first kappa shape index (κ1) is 18.2. The monoisotopic (exact) mass is 287 g/mol. The molecule has 0 heterocycles. The van der Waals surface area contributed by atoms with Gasteiger partial charge >= 0.3 is 12.0 Å². The number of carboxylic acids is 1. The van der Waals surface area contributed by atoms with Gasteiger partial charge in [-0.3, -0.25) is 4.79 Å². The minimum atomic E-state index is -1.18. The summed E-state index contributed by atoms with van der Waals surface area (Å²) in [6.07, 6.45) is -0.107. The number of hydrogen-bond acceptors (Lipinski definition) is 3. The Balaban J connectivity index is 4.68. The lowest BCUT2D eigenvalue weighted by Gasteiger charge is -2.35. The van der Waals surface area contributed by atoms with Gasteiger partial charge < -0.3 is 21.1 Å². The van der Waals surface area contributed by atoms with Crippen LogP contribution in [0.5, 0.6) is 0 Å². The maximum atomic E-state index is 12.0. The summed E-state index contributed by atoms with van der Waals surface area (Å²) in [5.74, 6) is -1.78. The Labute approximate surface area is 119 Å².